The van der Waals surface area contributed by atoms with Gasteiger partial charge in [-0.25, -0.2) is 4.68 Å². The monoisotopic (exact) mass is 343 g/mol. The van der Waals surface area contributed by atoms with Gasteiger partial charge in [-0.1, -0.05) is 0 Å². The van der Waals surface area contributed by atoms with Crippen molar-refractivity contribution in [2.75, 3.05) is 19.8 Å². The summed E-state index contributed by atoms with van der Waals surface area (Å²) in [5.41, 5.74) is 3.36. The van der Waals surface area contributed by atoms with Crippen LogP contribution in [0.1, 0.15) is 28.2 Å². The van der Waals surface area contributed by atoms with Crippen LogP contribution in [-0.2, 0) is 9.53 Å². The van der Waals surface area contributed by atoms with Crippen LogP contribution in [0.5, 0.6) is 0 Å². The van der Waals surface area contributed by atoms with E-state index in [0.717, 1.165) is 17.1 Å². The summed E-state index contributed by atoms with van der Waals surface area (Å²) in [5.74, 6) is -1.11. The summed E-state index contributed by atoms with van der Waals surface area (Å²) in [5, 5.41) is 13.5. The normalized spacial score (nSPS) is 17.5. The second-order valence-corrected chi connectivity index (χ2v) is 6.21. The van der Waals surface area contributed by atoms with Gasteiger partial charge < -0.3 is 14.7 Å². The Kier molecular flexibility index (Phi) is 4.85. The van der Waals surface area contributed by atoms with Gasteiger partial charge in [0.1, 0.15) is 0 Å². The minimum atomic E-state index is -0.937. The first-order chi connectivity index (χ1) is 12.0. The average molecular weight is 343 g/mol. The van der Waals surface area contributed by atoms with E-state index in [0.29, 0.717) is 18.7 Å². The van der Waals surface area contributed by atoms with Gasteiger partial charge in [-0.2, -0.15) is 5.10 Å². The van der Waals surface area contributed by atoms with Gasteiger partial charge in [0.05, 0.1) is 37.1 Å². The third-order valence-corrected chi connectivity index (χ3v) is 4.27. The van der Waals surface area contributed by atoms with Crippen molar-refractivity contribution in [3.05, 3.63) is 47.3 Å². The number of carbonyl (C=O) groups excluding carboxylic acids is 1. The summed E-state index contributed by atoms with van der Waals surface area (Å²) in [6, 6.07) is 8.75. The van der Waals surface area contributed by atoms with Crippen molar-refractivity contribution in [3.8, 4) is 5.69 Å². The van der Waals surface area contributed by atoms with Crippen molar-refractivity contribution in [1.29, 1.82) is 0 Å². The highest BCUT2D eigenvalue weighted by atomic mass is 16.5. The molecule has 1 amide bonds. The van der Waals surface area contributed by atoms with Crippen LogP contribution in [0.2, 0.25) is 0 Å². The minimum Gasteiger partial charge on any atom is -0.481 e. The van der Waals surface area contributed by atoms with Crippen LogP contribution in [0.4, 0.5) is 0 Å². The second kappa shape index (κ2) is 7.06. The second-order valence-electron chi connectivity index (χ2n) is 6.21. The summed E-state index contributed by atoms with van der Waals surface area (Å²) in [7, 11) is 0. The lowest BCUT2D eigenvalue weighted by atomic mass is 10.1. The summed E-state index contributed by atoms with van der Waals surface area (Å²) >= 11 is 0. The standard InChI is InChI=1S/C18H21N3O4/c1-12-9-13(2)21(19-12)15-5-3-14(4-6-15)18(24)20-7-8-25-11-16(20)10-17(22)23/h3-6,9,16H,7-8,10-11H2,1-2H3,(H,22,23). The Hall–Kier alpha value is -2.67. The fourth-order valence-corrected chi connectivity index (χ4v) is 3.09. The Morgan fingerprint density at radius 1 is 1.28 bits per heavy atom. The maximum atomic E-state index is 12.8. The van der Waals surface area contributed by atoms with Crippen molar-refractivity contribution < 1.29 is 19.4 Å². The molecule has 1 fully saturated rings. The summed E-state index contributed by atoms with van der Waals surface area (Å²) in [6.07, 6.45) is -0.115. The lowest BCUT2D eigenvalue weighted by molar-refractivity contribution is -0.139. The number of hydrogen-bond donors (Lipinski definition) is 1. The number of nitrogens with zero attached hydrogens (tertiary/aromatic N) is 3. The molecule has 1 aliphatic heterocycles. The number of amides is 1. The van der Waals surface area contributed by atoms with Gasteiger partial charge in [-0.15, -0.1) is 0 Å². The Morgan fingerprint density at radius 2 is 2.00 bits per heavy atom. The molecule has 0 saturated carbocycles. The van der Waals surface area contributed by atoms with E-state index in [-0.39, 0.29) is 18.9 Å². The zero-order valence-corrected chi connectivity index (χ0v) is 14.3. The average Bonchev–Trinajstić information content (AvgIpc) is 2.93. The number of rotatable bonds is 4. The maximum Gasteiger partial charge on any atom is 0.305 e. The number of carbonyl (C=O) groups is 2. The fourth-order valence-electron chi connectivity index (χ4n) is 3.09. The van der Waals surface area contributed by atoms with Gasteiger partial charge in [0.25, 0.3) is 5.91 Å². The van der Waals surface area contributed by atoms with Crippen LogP contribution >= 0.6 is 0 Å². The zero-order chi connectivity index (χ0) is 18.0. The molecule has 2 aromatic rings. The van der Waals surface area contributed by atoms with E-state index < -0.39 is 12.0 Å². The molecule has 25 heavy (non-hydrogen) atoms. The van der Waals surface area contributed by atoms with E-state index in [2.05, 4.69) is 5.10 Å². The molecule has 1 aromatic heterocycles. The van der Waals surface area contributed by atoms with E-state index in [1.54, 1.807) is 17.0 Å². The van der Waals surface area contributed by atoms with E-state index in [9.17, 15) is 9.59 Å². The first-order valence-electron chi connectivity index (χ1n) is 8.20. The van der Waals surface area contributed by atoms with Gasteiger partial charge in [0, 0.05) is 17.8 Å². The van der Waals surface area contributed by atoms with Crippen molar-refractivity contribution >= 4 is 11.9 Å². The molecule has 132 valence electrons. The first-order valence-corrected chi connectivity index (χ1v) is 8.20. The van der Waals surface area contributed by atoms with Gasteiger partial charge >= 0.3 is 5.97 Å². The van der Waals surface area contributed by atoms with Gasteiger partial charge in [-0.05, 0) is 44.2 Å². The zero-order valence-electron chi connectivity index (χ0n) is 14.3. The Bertz CT molecular complexity index is 782. The summed E-state index contributed by atoms with van der Waals surface area (Å²) < 4.78 is 7.15. The highest BCUT2D eigenvalue weighted by Gasteiger charge is 2.29. The Labute approximate surface area is 145 Å². The van der Waals surface area contributed by atoms with Gasteiger partial charge in [0.2, 0.25) is 0 Å². The molecule has 7 heteroatoms. The van der Waals surface area contributed by atoms with Crippen molar-refractivity contribution in [2.45, 2.75) is 26.3 Å². The molecular weight excluding hydrogens is 322 g/mol. The van der Waals surface area contributed by atoms with E-state index in [4.69, 9.17) is 9.84 Å². The summed E-state index contributed by atoms with van der Waals surface area (Å²) in [6.45, 7) is 4.98. The molecule has 1 saturated heterocycles. The number of morpholine rings is 1. The van der Waals surface area contributed by atoms with Gasteiger partial charge in [0.15, 0.2) is 0 Å². The largest absolute Gasteiger partial charge is 0.481 e. The van der Waals surface area contributed by atoms with Crippen LogP contribution in [-0.4, -0.2) is 57.5 Å². The highest BCUT2D eigenvalue weighted by molar-refractivity contribution is 5.95. The molecule has 1 unspecified atom stereocenters. The molecule has 1 atom stereocenters. The van der Waals surface area contributed by atoms with Gasteiger partial charge in [-0.3, -0.25) is 9.59 Å². The molecule has 1 aromatic carbocycles. The molecule has 2 heterocycles. The first kappa shape index (κ1) is 17.2. The molecule has 7 nitrogen and oxygen atoms in total. The molecule has 0 aliphatic carbocycles. The molecule has 1 aliphatic rings. The summed E-state index contributed by atoms with van der Waals surface area (Å²) in [4.78, 5) is 25.4. The number of ether oxygens (including phenoxy) is 1. The molecule has 3 rings (SSSR count). The predicted molar refractivity (Wildman–Crippen MR) is 90.9 cm³/mol. The quantitative estimate of drug-likeness (QED) is 0.915. The van der Waals surface area contributed by atoms with Crippen LogP contribution in [0.25, 0.3) is 5.69 Å². The maximum absolute atomic E-state index is 12.8. The highest BCUT2D eigenvalue weighted by Crippen LogP contribution is 2.18. The molecule has 0 bridgehead atoms. The van der Waals surface area contributed by atoms with E-state index >= 15 is 0 Å². The number of hydrogen-bond acceptors (Lipinski definition) is 4. The van der Waals surface area contributed by atoms with Crippen molar-refractivity contribution in [2.24, 2.45) is 0 Å². The number of benzene rings is 1. The number of carboxylic acid groups (broad SMARTS) is 1. The SMILES string of the molecule is Cc1cc(C)n(-c2ccc(C(=O)N3CCOCC3CC(=O)O)cc2)n1. The smallest absolute Gasteiger partial charge is 0.305 e. The Balaban J connectivity index is 1.80. The molecule has 0 spiro atoms. The van der Waals surface area contributed by atoms with Crippen molar-refractivity contribution in [3.63, 3.8) is 0 Å². The van der Waals surface area contributed by atoms with Crippen LogP contribution in [0, 0.1) is 13.8 Å². The number of aliphatic carboxylic acids is 1. The van der Waals surface area contributed by atoms with Crippen LogP contribution < -0.4 is 0 Å². The van der Waals surface area contributed by atoms with E-state index in [1.165, 1.54) is 0 Å². The lowest BCUT2D eigenvalue weighted by Crippen LogP contribution is -2.49. The lowest BCUT2D eigenvalue weighted by Gasteiger charge is -2.34. The molecule has 0 radical (unpaired) electrons. The third-order valence-electron chi connectivity index (χ3n) is 4.27. The van der Waals surface area contributed by atoms with Crippen LogP contribution in [0.3, 0.4) is 0 Å². The molecule has 1 N–H and O–H groups in total. The number of aryl methyl sites for hydroxylation is 2. The van der Waals surface area contributed by atoms with Crippen molar-refractivity contribution in [1.82, 2.24) is 14.7 Å². The predicted octanol–water partition coefficient (Wildman–Crippen LogP) is 1.80. The van der Waals surface area contributed by atoms with E-state index in [1.807, 2.05) is 36.7 Å². The fraction of sp³-hybridized carbons (Fsp3) is 0.389. The minimum absolute atomic E-state index is 0.115. The third kappa shape index (κ3) is 3.71. The number of aromatic nitrogens is 2. The topological polar surface area (TPSA) is 84.7 Å². The Morgan fingerprint density at radius 3 is 2.60 bits per heavy atom. The number of carboxylic acids is 1. The molecular formula is C18H21N3O4. The van der Waals surface area contributed by atoms with Crippen LogP contribution in [0.15, 0.2) is 30.3 Å².